The average Bonchev–Trinajstić information content (AvgIpc) is 3.22. The highest BCUT2D eigenvalue weighted by atomic mass is 32.2. The third-order valence-corrected chi connectivity index (χ3v) is 8.69. The highest BCUT2D eigenvalue weighted by Gasteiger charge is 2.36. The van der Waals surface area contributed by atoms with Crippen LogP contribution in [-0.2, 0) is 14.8 Å². The van der Waals surface area contributed by atoms with Crippen LogP contribution in [0.15, 0.2) is 64.0 Å². The van der Waals surface area contributed by atoms with E-state index in [9.17, 15) is 13.2 Å². The highest BCUT2D eigenvalue weighted by Crippen LogP contribution is 2.39. The lowest BCUT2D eigenvalue weighted by molar-refractivity contribution is -0.121. The first-order valence-corrected chi connectivity index (χ1v) is 13.0. The summed E-state index contributed by atoms with van der Waals surface area (Å²) in [6.45, 7) is 5.29. The first kappa shape index (κ1) is 23.5. The molecular weight excluding hydrogens is 468 g/mol. The molecule has 0 bridgehead atoms. The second-order valence-corrected chi connectivity index (χ2v) is 10.7. The number of benzene rings is 2. The van der Waals surface area contributed by atoms with Crippen LogP contribution in [-0.4, -0.2) is 68.0 Å². The topological polar surface area (TPSA) is 96.2 Å². The van der Waals surface area contributed by atoms with Gasteiger partial charge in [0.1, 0.15) is 22.9 Å². The van der Waals surface area contributed by atoms with E-state index in [0.29, 0.717) is 44.2 Å². The monoisotopic (exact) mass is 496 g/mol. The molecule has 1 unspecified atom stereocenters. The van der Waals surface area contributed by atoms with Crippen molar-refractivity contribution in [1.29, 1.82) is 0 Å². The molecule has 1 atom stereocenters. The molecular formula is C25H28N4O5S. The highest BCUT2D eigenvalue weighted by molar-refractivity contribution is 7.89. The Morgan fingerprint density at radius 3 is 2.37 bits per heavy atom. The van der Waals surface area contributed by atoms with Gasteiger partial charge in [0.2, 0.25) is 15.9 Å². The largest absolute Gasteiger partial charge is 0.489 e. The maximum Gasteiger partial charge on any atom is 0.248 e. The van der Waals surface area contributed by atoms with Gasteiger partial charge < -0.3 is 9.26 Å². The van der Waals surface area contributed by atoms with Gasteiger partial charge in [-0.3, -0.25) is 14.6 Å². The van der Waals surface area contributed by atoms with Gasteiger partial charge in [-0.25, -0.2) is 8.42 Å². The fourth-order valence-corrected chi connectivity index (χ4v) is 6.50. The number of amides is 1. The molecule has 1 aromatic heterocycles. The number of carbonyl (C=O) groups is 1. The molecule has 1 amide bonds. The molecule has 1 saturated heterocycles. The molecule has 0 aliphatic carbocycles. The molecule has 2 aliphatic heterocycles. The Balaban J connectivity index is 1.31. The van der Waals surface area contributed by atoms with E-state index in [2.05, 4.69) is 5.16 Å². The van der Waals surface area contributed by atoms with Gasteiger partial charge in [-0.1, -0.05) is 47.6 Å². The Morgan fingerprint density at radius 2 is 1.69 bits per heavy atom. The number of aryl methyl sites for hydroxylation is 2. The minimum Gasteiger partial charge on any atom is -0.489 e. The van der Waals surface area contributed by atoms with E-state index in [1.165, 1.54) is 4.31 Å². The zero-order valence-electron chi connectivity index (χ0n) is 19.8. The predicted octanol–water partition coefficient (Wildman–Crippen LogP) is 2.76. The van der Waals surface area contributed by atoms with Crippen LogP contribution >= 0.6 is 0 Å². The van der Waals surface area contributed by atoms with Crippen molar-refractivity contribution in [3.8, 4) is 5.75 Å². The summed E-state index contributed by atoms with van der Waals surface area (Å²) in [7, 11) is -3.70. The molecule has 5 rings (SSSR count). The van der Waals surface area contributed by atoms with Crippen LogP contribution in [0.2, 0.25) is 0 Å². The molecule has 2 aromatic carbocycles. The molecule has 9 nitrogen and oxygen atoms in total. The molecule has 0 spiro atoms. The van der Waals surface area contributed by atoms with Gasteiger partial charge in [0.15, 0.2) is 5.76 Å². The molecule has 0 radical (unpaired) electrons. The summed E-state index contributed by atoms with van der Waals surface area (Å²) in [6, 6.07) is 17.2. The Bertz CT molecular complexity index is 1300. The van der Waals surface area contributed by atoms with Gasteiger partial charge in [0.25, 0.3) is 0 Å². The number of para-hydroxylation sites is 2. The number of anilines is 1. The minimum absolute atomic E-state index is 0.0448. The van der Waals surface area contributed by atoms with E-state index < -0.39 is 10.0 Å². The molecule has 35 heavy (non-hydrogen) atoms. The molecule has 3 heterocycles. The van der Waals surface area contributed by atoms with Crippen molar-refractivity contribution in [3.63, 3.8) is 0 Å². The third-order valence-electron chi connectivity index (χ3n) is 6.54. The average molecular weight is 497 g/mol. The zero-order chi connectivity index (χ0) is 24.6. The van der Waals surface area contributed by atoms with Crippen molar-refractivity contribution >= 4 is 21.6 Å². The Kier molecular flexibility index (Phi) is 6.35. The second kappa shape index (κ2) is 9.44. The van der Waals surface area contributed by atoms with Crippen LogP contribution in [0.4, 0.5) is 5.69 Å². The number of hydrogen-bond acceptors (Lipinski definition) is 7. The molecule has 184 valence electrons. The van der Waals surface area contributed by atoms with Crippen LogP contribution in [0.1, 0.15) is 23.1 Å². The quantitative estimate of drug-likeness (QED) is 0.536. The Labute approximate surface area is 204 Å². The summed E-state index contributed by atoms with van der Waals surface area (Å²) in [5.74, 6) is 0.929. The van der Waals surface area contributed by atoms with Crippen molar-refractivity contribution in [2.75, 3.05) is 44.2 Å². The van der Waals surface area contributed by atoms with E-state index in [1.807, 2.05) is 64.4 Å². The van der Waals surface area contributed by atoms with Crippen LogP contribution in [0, 0.1) is 13.8 Å². The van der Waals surface area contributed by atoms with Gasteiger partial charge in [-0.2, -0.15) is 4.31 Å². The smallest absolute Gasteiger partial charge is 0.248 e. The Morgan fingerprint density at radius 1 is 1.00 bits per heavy atom. The number of fused-ring (bicyclic) bond motifs is 1. The number of nitrogens with zero attached hydrogens (tertiary/aromatic N) is 4. The van der Waals surface area contributed by atoms with E-state index in [4.69, 9.17) is 9.26 Å². The first-order chi connectivity index (χ1) is 16.9. The number of ether oxygens (including phenoxy) is 1. The summed E-state index contributed by atoms with van der Waals surface area (Å²) in [5, 5.41) is 3.78. The zero-order valence-corrected chi connectivity index (χ0v) is 20.6. The Hall–Kier alpha value is -3.21. The van der Waals surface area contributed by atoms with E-state index in [-0.39, 0.29) is 29.1 Å². The van der Waals surface area contributed by atoms with Crippen LogP contribution < -0.4 is 9.64 Å². The summed E-state index contributed by atoms with van der Waals surface area (Å²) >= 11 is 0. The summed E-state index contributed by atoms with van der Waals surface area (Å²) in [4.78, 5) is 17.6. The molecule has 2 aliphatic rings. The lowest BCUT2D eigenvalue weighted by atomic mass is 10.0. The normalized spacial score (nSPS) is 19.3. The fourth-order valence-electron chi connectivity index (χ4n) is 4.79. The number of carbonyl (C=O) groups excluding carboxylic acids is 1. The lowest BCUT2D eigenvalue weighted by Crippen LogP contribution is -2.52. The number of sulfonamides is 1. The van der Waals surface area contributed by atoms with Crippen molar-refractivity contribution in [2.24, 2.45) is 0 Å². The third kappa shape index (κ3) is 4.44. The summed E-state index contributed by atoms with van der Waals surface area (Å²) in [5.41, 5.74) is 2.11. The molecule has 3 aromatic rings. The van der Waals surface area contributed by atoms with Gasteiger partial charge in [0, 0.05) is 26.2 Å². The van der Waals surface area contributed by atoms with E-state index >= 15 is 0 Å². The maximum absolute atomic E-state index is 13.6. The molecule has 10 heteroatoms. The van der Waals surface area contributed by atoms with Crippen LogP contribution in [0.25, 0.3) is 0 Å². The van der Waals surface area contributed by atoms with E-state index in [1.54, 1.807) is 13.8 Å². The van der Waals surface area contributed by atoms with Gasteiger partial charge >= 0.3 is 0 Å². The molecule has 1 fully saturated rings. The lowest BCUT2D eigenvalue weighted by Gasteiger charge is -2.39. The second-order valence-electron chi connectivity index (χ2n) is 8.80. The van der Waals surface area contributed by atoms with Crippen molar-refractivity contribution in [3.05, 3.63) is 71.6 Å². The number of piperazine rings is 1. The van der Waals surface area contributed by atoms with Gasteiger partial charge in [-0.05, 0) is 31.5 Å². The van der Waals surface area contributed by atoms with Crippen molar-refractivity contribution in [1.82, 2.24) is 14.4 Å². The number of aromatic nitrogens is 1. The summed E-state index contributed by atoms with van der Waals surface area (Å²) in [6.07, 6.45) is 0. The molecule has 0 N–H and O–H groups in total. The van der Waals surface area contributed by atoms with Crippen molar-refractivity contribution in [2.45, 2.75) is 24.8 Å². The van der Waals surface area contributed by atoms with Gasteiger partial charge in [-0.15, -0.1) is 0 Å². The first-order valence-electron chi connectivity index (χ1n) is 11.6. The van der Waals surface area contributed by atoms with Crippen molar-refractivity contribution < 1.29 is 22.5 Å². The number of rotatable bonds is 5. The molecule has 0 saturated carbocycles. The standard InChI is InChI=1S/C25H28N4O5S/c1-18-25(19(2)34-26-18)35(31,32)28-14-12-27(13-15-28)16-24(30)29-21-10-6-7-11-23(21)33-17-22(29)20-8-4-3-5-9-20/h3-11,22H,12-17H2,1-2H3. The number of hydrogen-bond donors (Lipinski definition) is 0. The fraction of sp³-hybridized carbons (Fsp3) is 0.360. The predicted molar refractivity (Wildman–Crippen MR) is 130 cm³/mol. The van der Waals surface area contributed by atoms with Gasteiger partial charge in [0.05, 0.1) is 18.3 Å². The van der Waals surface area contributed by atoms with Crippen LogP contribution in [0.5, 0.6) is 5.75 Å². The maximum atomic E-state index is 13.6. The van der Waals surface area contributed by atoms with Crippen LogP contribution in [0.3, 0.4) is 0 Å². The summed E-state index contributed by atoms with van der Waals surface area (Å²) < 4.78 is 38.7. The SMILES string of the molecule is Cc1noc(C)c1S(=O)(=O)N1CCN(CC(=O)N2c3ccccc3OCC2c2ccccc2)CC1. The van der Waals surface area contributed by atoms with E-state index in [0.717, 1.165) is 11.3 Å². The minimum atomic E-state index is -3.70.